The fraction of sp³-hybridized carbons (Fsp3) is 0.429. The average molecular weight is 247 g/mol. The van der Waals surface area contributed by atoms with Crippen molar-refractivity contribution < 1.29 is 14.3 Å². The molecule has 0 N–H and O–H groups in total. The summed E-state index contributed by atoms with van der Waals surface area (Å²) in [5.74, 6) is 0.349. The van der Waals surface area contributed by atoms with Crippen molar-refractivity contribution in [2.24, 2.45) is 0 Å². The number of rotatable bonds is 2. The molecule has 0 fully saturated rings. The molecule has 1 aliphatic rings. The standard InChI is InChI=1S/C14H17NO3/c1-4-14(17)18-12-5-6-13-11(8-12)7-9(2)15(13)10(3)16/h5-6,8-9H,4,7H2,1-3H3. The van der Waals surface area contributed by atoms with Gasteiger partial charge in [-0.2, -0.15) is 0 Å². The second-order valence-electron chi connectivity index (χ2n) is 4.56. The third kappa shape index (κ3) is 2.23. The van der Waals surface area contributed by atoms with Gasteiger partial charge in [0.25, 0.3) is 0 Å². The second-order valence-corrected chi connectivity index (χ2v) is 4.56. The first kappa shape index (κ1) is 12.6. The van der Waals surface area contributed by atoms with Gasteiger partial charge in [0.15, 0.2) is 0 Å². The van der Waals surface area contributed by atoms with Gasteiger partial charge < -0.3 is 9.64 Å². The molecule has 1 heterocycles. The largest absolute Gasteiger partial charge is 0.427 e. The summed E-state index contributed by atoms with van der Waals surface area (Å²) in [6.07, 6.45) is 1.15. The van der Waals surface area contributed by atoms with E-state index in [9.17, 15) is 9.59 Å². The highest BCUT2D eigenvalue weighted by Crippen LogP contribution is 2.34. The van der Waals surface area contributed by atoms with Crippen LogP contribution < -0.4 is 9.64 Å². The van der Waals surface area contributed by atoms with Crippen LogP contribution in [0.5, 0.6) is 5.75 Å². The lowest BCUT2D eigenvalue weighted by atomic mass is 10.1. The average Bonchev–Trinajstić information content (AvgIpc) is 2.64. The highest BCUT2D eigenvalue weighted by atomic mass is 16.5. The molecule has 96 valence electrons. The number of hydrogen-bond donors (Lipinski definition) is 0. The monoisotopic (exact) mass is 247 g/mol. The van der Waals surface area contributed by atoms with Gasteiger partial charge in [-0.05, 0) is 37.1 Å². The van der Waals surface area contributed by atoms with E-state index in [2.05, 4.69) is 0 Å². The minimum atomic E-state index is -0.246. The van der Waals surface area contributed by atoms with E-state index in [1.165, 1.54) is 0 Å². The van der Waals surface area contributed by atoms with Crippen molar-refractivity contribution in [2.45, 2.75) is 39.7 Å². The molecule has 1 aromatic rings. The van der Waals surface area contributed by atoms with Gasteiger partial charge in [-0.25, -0.2) is 0 Å². The first-order chi connectivity index (χ1) is 8.52. The topological polar surface area (TPSA) is 46.6 Å². The van der Waals surface area contributed by atoms with Crippen molar-refractivity contribution >= 4 is 17.6 Å². The lowest BCUT2D eigenvalue weighted by molar-refractivity contribution is -0.134. The van der Waals surface area contributed by atoms with Crippen LogP contribution in [-0.4, -0.2) is 17.9 Å². The van der Waals surface area contributed by atoms with Gasteiger partial charge in [-0.1, -0.05) is 6.92 Å². The van der Waals surface area contributed by atoms with Crippen molar-refractivity contribution in [1.29, 1.82) is 0 Å². The molecule has 0 aromatic heterocycles. The predicted octanol–water partition coefficient (Wildman–Crippen LogP) is 2.30. The molecule has 2 rings (SSSR count). The Morgan fingerprint density at radius 2 is 2.17 bits per heavy atom. The van der Waals surface area contributed by atoms with Crippen LogP contribution in [0.3, 0.4) is 0 Å². The number of ether oxygens (including phenoxy) is 1. The zero-order valence-corrected chi connectivity index (χ0v) is 10.9. The Labute approximate surface area is 107 Å². The number of anilines is 1. The molecule has 18 heavy (non-hydrogen) atoms. The van der Waals surface area contributed by atoms with E-state index in [-0.39, 0.29) is 17.9 Å². The molecule has 1 unspecified atom stereocenters. The fourth-order valence-electron chi connectivity index (χ4n) is 2.35. The van der Waals surface area contributed by atoms with Crippen molar-refractivity contribution in [3.8, 4) is 5.75 Å². The van der Waals surface area contributed by atoms with Gasteiger partial charge in [0, 0.05) is 25.1 Å². The summed E-state index contributed by atoms with van der Waals surface area (Å²) in [5.41, 5.74) is 1.98. The number of esters is 1. The minimum Gasteiger partial charge on any atom is -0.427 e. The Bertz CT molecular complexity index is 496. The predicted molar refractivity (Wildman–Crippen MR) is 68.7 cm³/mol. The van der Waals surface area contributed by atoms with Crippen molar-refractivity contribution in [3.63, 3.8) is 0 Å². The Kier molecular flexibility index (Phi) is 3.36. The zero-order chi connectivity index (χ0) is 13.3. The van der Waals surface area contributed by atoms with Crippen molar-refractivity contribution in [2.75, 3.05) is 4.90 Å². The molecule has 4 heteroatoms. The summed E-state index contributed by atoms with van der Waals surface area (Å²) in [7, 11) is 0. The summed E-state index contributed by atoms with van der Waals surface area (Å²) in [5, 5.41) is 0. The molecule has 4 nitrogen and oxygen atoms in total. The first-order valence-corrected chi connectivity index (χ1v) is 6.16. The van der Waals surface area contributed by atoms with Gasteiger partial charge in [0.1, 0.15) is 5.75 Å². The third-order valence-corrected chi connectivity index (χ3v) is 3.13. The molecule has 0 spiro atoms. The quantitative estimate of drug-likeness (QED) is 0.595. The second kappa shape index (κ2) is 4.80. The fourth-order valence-corrected chi connectivity index (χ4v) is 2.35. The lowest BCUT2D eigenvalue weighted by Crippen LogP contribution is -2.33. The van der Waals surface area contributed by atoms with Gasteiger partial charge in [-0.3, -0.25) is 9.59 Å². The van der Waals surface area contributed by atoms with Crippen LogP contribution in [0, 0.1) is 0 Å². The third-order valence-electron chi connectivity index (χ3n) is 3.13. The normalized spacial score (nSPS) is 17.5. The van der Waals surface area contributed by atoms with E-state index >= 15 is 0 Å². The van der Waals surface area contributed by atoms with E-state index < -0.39 is 0 Å². The Balaban J connectivity index is 2.28. The maximum absolute atomic E-state index is 11.6. The van der Waals surface area contributed by atoms with Crippen LogP contribution in [0.1, 0.15) is 32.8 Å². The molecule has 0 saturated heterocycles. The van der Waals surface area contributed by atoms with Crippen LogP contribution in [0.15, 0.2) is 18.2 Å². The summed E-state index contributed by atoms with van der Waals surface area (Å²) in [4.78, 5) is 24.6. The highest BCUT2D eigenvalue weighted by molar-refractivity contribution is 5.94. The number of benzene rings is 1. The maximum atomic E-state index is 11.6. The highest BCUT2D eigenvalue weighted by Gasteiger charge is 2.29. The molecule has 1 amide bonds. The van der Waals surface area contributed by atoms with Crippen LogP contribution in [0.25, 0.3) is 0 Å². The van der Waals surface area contributed by atoms with Crippen LogP contribution in [0.2, 0.25) is 0 Å². The van der Waals surface area contributed by atoms with Crippen LogP contribution in [-0.2, 0) is 16.0 Å². The molecule has 1 atom stereocenters. The molecule has 0 bridgehead atoms. The number of carbonyl (C=O) groups excluding carboxylic acids is 2. The maximum Gasteiger partial charge on any atom is 0.310 e. The van der Waals surface area contributed by atoms with Crippen LogP contribution >= 0.6 is 0 Å². The Morgan fingerprint density at radius 1 is 1.44 bits per heavy atom. The van der Waals surface area contributed by atoms with Crippen molar-refractivity contribution in [3.05, 3.63) is 23.8 Å². The number of carbonyl (C=O) groups is 2. The summed E-state index contributed by atoms with van der Waals surface area (Å²) < 4.78 is 5.18. The van der Waals surface area contributed by atoms with Crippen molar-refractivity contribution in [1.82, 2.24) is 0 Å². The lowest BCUT2D eigenvalue weighted by Gasteiger charge is -2.20. The summed E-state index contributed by atoms with van der Waals surface area (Å²) in [6.45, 7) is 5.34. The minimum absolute atomic E-state index is 0.0413. The molecule has 0 aliphatic carbocycles. The first-order valence-electron chi connectivity index (χ1n) is 6.16. The molecule has 1 aliphatic heterocycles. The van der Waals surface area contributed by atoms with E-state index in [4.69, 9.17) is 4.74 Å². The summed E-state index contributed by atoms with van der Waals surface area (Å²) >= 11 is 0. The van der Waals surface area contributed by atoms with E-state index in [1.54, 1.807) is 24.8 Å². The molecule has 0 saturated carbocycles. The van der Waals surface area contributed by atoms with E-state index in [1.807, 2.05) is 19.1 Å². The summed E-state index contributed by atoms with van der Waals surface area (Å²) in [6, 6.07) is 5.59. The molecule has 0 radical (unpaired) electrons. The smallest absolute Gasteiger partial charge is 0.310 e. The van der Waals surface area contributed by atoms with Gasteiger partial charge in [0.05, 0.1) is 0 Å². The van der Waals surface area contributed by atoms with E-state index in [0.29, 0.717) is 12.2 Å². The molecular weight excluding hydrogens is 230 g/mol. The van der Waals surface area contributed by atoms with Gasteiger partial charge >= 0.3 is 5.97 Å². The number of nitrogens with zero attached hydrogens (tertiary/aromatic N) is 1. The van der Waals surface area contributed by atoms with Gasteiger partial charge in [-0.15, -0.1) is 0 Å². The number of fused-ring (bicyclic) bond motifs is 1. The molecule has 1 aromatic carbocycles. The number of amides is 1. The number of hydrogen-bond acceptors (Lipinski definition) is 3. The Hall–Kier alpha value is -1.84. The van der Waals surface area contributed by atoms with Gasteiger partial charge in [0.2, 0.25) is 5.91 Å². The zero-order valence-electron chi connectivity index (χ0n) is 10.9. The Morgan fingerprint density at radius 3 is 2.78 bits per heavy atom. The van der Waals surface area contributed by atoms with Crippen LogP contribution in [0.4, 0.5) is 5.69 Å². The molecular formula is C14H17NO3. The SMILES string of the molecule is CCC(=O)Oc1ccc2c(c1)CC(C)N2C(C)=O. The van der Waals surface area contributed by atoms with E-state index in [0.717, 1.165) is 17.7 Å².